The van der Waals surface area contributed by atoms with Gasteiger partial charge in [-0.05, 0) is 18.8 Å². The number of carbonyl (C=O) groups excluding carboxylic acids is 1. The molecule has 0 radical (unpaired) electrons. The van der Waals surface area contributed by atoms with E-state index in [0.717, 1.165) is 25.7 Å². The highest BCUT2D eigenvalue weighted by atomic mass is 32.2. The van der Waals surface area contributed by atoms with Crippen molar-refractivity contribution in [2.24, 2.45) is 5.92 Å². The van der Waals surface area contributed by atoms with Crippen molar-refractivity contribution < 1.29 is 17.8 Å². The standard InChI is InChI=1S/C8H16N2O4S/c11-8(10-15(12,13)14)9-6-7-4-2-1-3-5-7/h7H,1-6H2,(H2,9,10,11)(H,12,13,14). The molecule has 0 saturated heterocycles. The van der Waals surface area contributed by atoms with Crippen molar-refractivity contribution in [2.75, 3.05) is 6.54 Å². The van der Waals surface area contributed by atoms with E-state index in [4.69, 9.17) is 4.55 Å². The van der Waals surface area contributed by atoms with Gasteiger partial charge in [-0.25, -0.2) is 9.52 Å². The van der Waals surface area contributed by atoms with E-state index in [1.807, 2.05) is 0 Å². The molecule has 0 aliphatic heterocycles. The van der Waals surface area contributed by atoms with Gasteiger partial charge in [0.25, 0.3) is 0 Å². The van der Waals surface area contributed by atoms with Crippen molar-refractivity contribution in [3.05, 3.63) is 0 Å². The molecule has 0 spiro atoms. The van der Waals surface area contributed by atoms with Crippen LogP contribution < -0.4 is 10.0 Å². The van der Waals surface area contributed by atoms with Gasteiger partial charge in [0.1, 0.15) is 0 Å². The summed E-state index contributed by atoms with van der Waals surface area (Å²) in [7, 11) is -4.44. The Bertz CT molecular complexity index is 309. The van der Waals surface area contributed by atoms with Crippen molar-refractivity contribution in [3.63, 3.8) is 0 Å². The number of amides is 2. The molecule has 1 saturated carbocycles. The first-order valence-electron chi connectivity index (χ1n) is 5.00. The lowest BCUT2D eigenvalue weighted by Gasteiger charge is -2.21. The Labute approximate surface area is 89.3 Å². The molecular weight excluding hydrogens is 220 g/mol. The molecule has 6 nitrogen and oxygen atoms in total. The van der Waals surface area contributed by atoms with E-state index in [2.05, 4.69) is 5.32 Å². The third kappa shape index (κ3) is 5.58. The largest absolute Gasteiger partial charge is 0.361 e. The van der Waals surface area contributed by atoms with Gasteiger partial charge in [-0.15, -0.1) is 0 Å². The molecule has 2 amide bonds. The topological polar surface area (TPSA) is 95.5 Å². The zero-order valence-corrected chi connectivity index (χ0v) is 9.22. The molecule has 7 heteroatoms. The van der Waals surface area contributed by atoms with Crippen molar-refractivity contribution in [1.82, 2.24) is 10.0 Å². The molecule has 0 aromatic carbocycles. The number of carbonyl (C=O) groups is 1. The lowest BCUT2D eigenvalue weighted by Crippen LogP contribution is -2.41. The zero-order chi connectivity index (χ0) is 11.3. The Kier molecular flexibility index (Phi) is 4.34. The second kappa shape index (κ2) is 5.32. The first-order chi connectivity index (χ1) is 6.97. The van der Waals surface area contributed by atoms with Crippen LogP contribution in [0.1, 0.15) is 32.1 Å². The molecule has 15 heavy (non-hydrogen) atoms. The van der Waals surface area contributed by atoms with Crippen LogP contribution in [0.3, 0.4) is 0 Å². The molecule has 0 unspecified atom stereocenters. The minimum Gasteiger partial charge on any atom is -0.337 e. The van der Waals surface area contributed by atoms with Gasteiger partial charge in [0.15, 0.2) is 0 Å². The van der Waals surface area contributed by atoms with Gasteiger partial charge in [0.2, 0.25) is 0 Å². The average Bonchev–Trinajstić information content (AvgIpc) is 2.14. The molecule has 1 fully saturated rings. The van der Waals surface area contributed by atoms with Gasteiger partial charge in [-0.3, -0.25) is 4.55 Å². The van der Waals surface area contributed by atoms with Crippen molar-refractivity contribution in [3.8, 4) is 0 Å². The number of nitrogens with one attached hydrogen (secondary N) is 2. The van der Waals surface area contributed by atoms with Gasteiger partial charge < -0.3 is 5.32 Å². The summed E-state index contributed by atoms with van der Waals surface area (Å²) in [5.74, 6) is 0.422. The second-order valence-corrected chi connectivity index (χ2v) is 4.95. The second-order valence-electron chi connectivity index (χ2n) is 3.79. The number of rotatable bonds is 3. The van der Waals surface area contributed by atoms with Gasteiger partial charge in [0.05, 0.1) is 0 Å². The summed E-state index contributed by atoms with van der Waals surface area (Å²) in [6.07, 6.45) is 5.67. The van der Waals surface area contributed by atoms with E-state index in [9.17, 15) is 13.2 Å². The lowest BCUT2D eigenvalue weighted by molar-refractivity contribution is 0.240. The smallest absolute Gasteiger partial charge is 0.337 e. The van der Waals surface area contributed by atoms with Gasteiger partial charge in [-0.2, -0.15) is 8.42 Å². The molecule has 0 aromatic heterocycles. The summed E-state index contributed by atoms with van der Waals surface area (Å²) >= 11 is 0. The van der Waals surface area contributed by atoms with Crippen LogP contribution in [0.5, 0.6) is 0 Å². The van der Waals surface area contributed by atoms with Gasteiger partial charge >= 0.3 is 16.3 Å². The third-order valence-electron chi connectivity index (χ3n) is 2.50. The predicted octanol–water partition coefficient (Wildman–Crippen LogP) is 0.669. The Hall–Kier alpha value is -0.820. The fourth-order valence-electron chi connectivity index (χ4n) is 1.78. The lowest BCUT2D eigenvalue weighted by atomic mass is 9.89. The quantitative estimate of drug-likeness (QED) is 0.627. The van der Waals surface area contributed by atoms with E-state index in [1.165, 1.54) is 11.1 Å². The van der Waals surface area contributed by atoms with Crippen LogP contribution in [-0.2, 0) is 10.3 Å². The minimum atomic E-state index is -4.44. The molecule has 0 atom stereocenters. The van der Waals surface area contributed by atoms with E-state index < -0.39 is 16.3 Å². The predicted molar refractivity (Wildman–Crippen MR) is 54.7 cm³/mol. The van der Waals surface area contributed by atoms with Crippen LogP contribution in [-0.4, -0.2) is 25.5 Å². The van der Waals surface area contributed by atoms with E-state index in [-0.39, 0.29) is 0 Å². The molecule has 1 rings (SSSR count). The molecule has 3 N–H and O–H groups in total. The maximum Gasteiger partial charge on any atom is 0.361 e. The first-order valence-corrected chi connectivity index (χ1v) is 6.44. The molecule has 88 valence electrons. The Balaban J connectivity index is 2.21. The summed E-state index contributed by atoms with van der Waals surface area (Å²) in [6, 6.07) is -0.872. The normalized spacial score (nSPS) is 18.5. The van der Waals surface area contributed by atoms with Crippen LogP contribution in [0.15, 0.2) is 0 Å². The molecule has 0 aromatic rings. The van der Waals surface area contributed by atoms with Crippen LogP contribution in [0, 0.1) is 5.92 Å². The number of hydrogen-bond donors (Lipinski definition) is 3. The minimum absolute atomic E-state index is 0.422. The Morgan fingerprint density at radius 3 is 2.40 bits per heavy atom. The highest BCUT2D eigenvalue weighted by Gasteiger charge is 2.15. The van der Waals surface area contributed by atoms with Crippen molar-refractivity contribution >= 4 is 16.3 Å². The molecular formula is C8H16N2O4S. The zero-order valence-electron chi connectivity index (χ0n) is 8.40. The highest BCUT2D eigenvalue weighted by molar-refractivity contribution is 7.84. The van der Waals surface area contributed by atoms with Crippen LogP contribution in [0.2, 0.25) is 0 Å². The van der Waals surface area contributed by atoms with E-state index in [1.54, 1.807) is 0 Å². The summed E-state index contributed by atoms with van der Waals surface area (Å²) in [6.45, 7) is 0.460. The van der Waals surface area contributed by atoms with Crippen LogP contribution in [0.25, 0.3) is 0 Å². The highest BCUT2D eigenvalue weighted by Crippen LogP contribution is 2.22. The summed E-state index contributed by atoms with van der Waals surface area (Å²) in [4.78, 5) is 10.9. The number of hydrogen-bond acceptors (Lipinski definition) is 3. The van der Waals surface area contributed by atoms with Gasteiger partial charge in [-0.1, -0.05) is 19.3 Å². The third-order valence-corrected chi connectivity index (χ3v) is 2.94. The van der Waals surface area contributed by atoms with Crippen molar-refractivity contribution in [2.45, 2.75) is 32.1 Å². The SMILES string of the molecule is O=C(NCC1CCCCC1)NS(=O)(=O)O. The average molecular weight is 236 g/mol. The summed E-state index contributed by atoms with van der Waals surface area (Å²) in [5, 5.41) is 2.42. The molecule has 1 aliphatic rings. The van der Waals surface area contributed by atoms with Crippen LogP contribution >= 0.6 is 0 Å². The summed E-state index contributed by atoms with van der Waals surface area (Å²) < 4.78 is 30.3. The monoisotopic (exact) mass is 236 g/mol. The van der Waals surface area contributed by atoms with E-state index in [0.29, 0.717) is 12.5 Å². The maximum atomic E-state index is 10.9. The summed E-state index contributed by atoms with van der Waals surface area (Å²) in [5.41, 5.74) is 0. The maximum absolute atomic E-state index is 10.9. The van der Waals surface area contributed by atoms with Crippen molar-refractivity contribution in [1.29, 1.82) is 0 Å². The van der Waals surface area contributed by atoms with Crippen LogP contribution in [0.4, 0.5) is 4.79 Å². The van der Waals surface area contributed by atoms with E-state index >= 15 is 0 Å². The fraction of sp³-hybridized carbons (Fsp3) is 0.875. The molecule has 0 heterocycles. The molecule has 0 bridgehead atoms. The Morgan fingerprint density at radius 2 is 1.87 bits per heavy atom. The Morgan fingerprint density at radius 1 is 1.27 bits per heavy atom. The first kappa shape index (κ1) is 12.3. The fourth-order valence-corrected chi connectivity index (χ4v) is 2.09. The number of urea groups is 1. The van der Waals surface area contributed by atoms with Gasteiger partial charge in [0, 0.05) is 6.54 Å². The molecule has 1 aliphatic carbocycles.